The summed E-state index contributed by atoms with van der Waals surface area (Å²) in [6.07, 6.45) is 13.0. The highest BCUT2D eigenvalue weighted by Gasteiger charge is 2.24. The zero-order valence-corrected chi connectivity index (χ0v) is 18.6. The molecule has 0 atom stereocenters. The van der Waals surface area contributed by atoms with E-state index in [4.69, 9.17) is 0 Å². The van der Waals surface area contributed by atoms with Gasteiger partial charge < -0.3 is 14.8 Å². The van der Waals surface area contributed by atoms with Crippen LogP contribution < -0.4 is 0 Å². The molecule has 0 fully saturated rings. The molecule has 0 bridgehead atoms. The second-order valence-electron chi connectivity index (χ2n) is 7.58. The number of rotatable bonds is 16. The quantitative estimate of drug-likeness (QED) is 0.229. The van der Waals surface area contributed by atoms with E-state index >= 15 is 0 Å². The van der Waals surface area contributed by atoms with Crippen molar-refractivity contribution in [1.29, 1.82) is 0 Å². The molecule has 0 radical (unpaired) electrons. The van der Waals surface area contributed by atoms with Crippen LogP contribution in [0.25, 0.3) is 0 Å². The summed E-state index contributed by atoms with van der Waals surface area (Å²) in [7, 11) is 0. The second kappa shape index (κ2) is 20.2. The largest absolute Gasteiger partial charge is 0.785 e. The Bertz CT molecular complexity index is 203. The van der Waals surface area contributed by atoms with Crippen molar-refractivity contribution in [2.75, 3.05) is 39.3 Å². The van der Waals surface area contributed by atoms with Gasteiger partial charge >= 0.3 is 0 Å². The van der Waals surface area contributed by atoms with Crippen LogP contribution in [0.5, 0.6) is 0 Å². The van der Waals surface area contributed by atoms with Crippen LogP contribution in [0.3, 0.4) is 0 Å². The van der Waals surface area contributed by atoms with Gasteiger partial charge in [-0.3, -0.25) is 0 Å². The highest BCUT2D eigenvalue weighted by Crippen LogP contribution is 2.16. The van der Waals surface area contributed by atoms with Crippen LogP contribution >= 0.6 is 0 Å². The van der Waals surface area contributed by atoms with Crippen LogP contribution in [0.1, 0.15) is 106 Å². The highest BCUT2D eigenvalue weighted by atomic mass is 16.5. The normalized spacial score (nSPS) is 11.5. The van der Waals surface area contributed by atoms with Crippen molar-refractivity contribution in [3.05, 3.63) is 5.21 Å². The first-order valence-corrected chi connectivity index (χ1v) is 11.3. The molecular weight excluding hydrogens is 308 g/mol. The monoisotopic (exact) mass is 358 g/mol. The molecule has 3 heteroatoms. The molecule has 0 aliphatic carbocycles. The Morgan fingerprint density at radius 1 is 0.520 bits per heavy atom. The fraction of sp³-hybridized carbons (Fsp3) is 1.00. The summed E-state index contributed by atoms with van der Waals surface area (Å²) in [5.74, 6) is 0. The molecule has 0 saturated carbocycles. The minimum atomic E-state index is 0.688. The molecule has 0 amide bonds. The van der Waals surface area contributed by atoms with Gasteiger partial charge in [0.1, 0.15) is 0 Å². The Labute approximate surface area is 160 Å². The fourth-order valence-electron chi connectivity index (χ4n) is 3.26. The molecule has 0 N–H and O–H groups in total. The molecule has 3 nitrogen and oxygen atoms in total. The predicted octanol–water partition coefficient (Wildman–Crippen LogP) is 6.61. The van der Waals surface area contributed by atoms with Crippen molar-refractivity contribution in [3.63, 3.8) is 0 Å². The van der Waals surface area contributed by atoms with Crippen LogP contribution in [0, 0.1) is 5.21 Å². The minimum absolute atomic E-state index is 0.688. The maximum Gasteiger partial charge on any atom is 0.0786 e. The first-order chi connectivity index (χ1) is 12.1. The Balaban J connectivity index is 0. The van der Waals surface area contributed by atoms with Gasteiger partial charge in [0.25, 0.3) is 0 Å². The molecule has 0 unspecified atom stereocenters. The molecule has 0 spiro atoms. The Hall–Kier alpha value is -0.120. The molecular formula is C22H50N2O. The standard InChI is InChI=1S/C16H36N.C6H14NO/c1-5-9-13-17(14-10-6-2,15-11-7-3)16-12-8-4;1-3-5-7(8)6-4-2/h5-16H2,1-4H3;3-6H2,1-2H3/q+1;-1. The number of nitrogens with zero attached hydrogens (tertiary/aromatic N) is 2. The van der Waals surface area contributed by atoms with Gasteiger partial charge in [0.2, 0.25) is 0 Å². The van der Waals surface area contributed by atoms with Crippen LogP contribution in [0.15, 0.2) is 0 Å². The molecule has 154 valence electrons. The molecule has 0 aliphatic heterocycles. The summed E-state index contributed by atoms with van der Waals surface area (Å²) in [5, 5.41) is 11.7. The van der Waals surface area contributed by atoms with Crippen LogP contribution in [0.4, 0.5) is 0 Å². The van der Waals surface area contributed by atoms with Crippen LogP contribution in [-0.4, -0.2) is 48.8 Å². The van der Waals surface area contributed by atoms with Gasteiger partial charge in [-0.05, 0) is 51.6 Å². The third-order valence-electron chi connectivity index (χ3n) is 4.89. The van der Waals surface area contributed by atoms with Crippen molar-refractivity contribution in [3.8, 4) is 0 Å². The van der Waals surface area contributed by atoms with Gasteiger partial charge in [0.15, 0.2) is 0 Å². The maximum absolute atomic E-state index is 10.6. The zero-order chi connectivity index (χ0) is 19.4. The van der Waals surface area contributed by atoms with Crippen molar-refractivity contribution in [1.82, 2.24) is 5.06 Å². The SMILES string of the molecule is CCCC[N+](CCCC)(CCCC)CCCC.CCCN([O-])CCC. The number of hydrogen-bond donors (Lipinski definition) is 0. The average molecular weight is 359 g/mol. The summed E-state index contributed by atoms with van der Waals surface area (Å²) in [4.78, 5) is 0. The van der Waals surface area contributed by atoms with Crippen molar-refractivity contribution in [2.24, 2.45) is 0 Å². The number of hydrogen-bond acceptors (Lipinski definition) is 2. The lowest BCUT2D eigenvalue weighted by Gasteiger charge is -2.39. The lowest BCUT2D eigenvalue weighted by atomic mass is 10.1. The second-order valence-corrected chi connectivity index (χ2v) is 7.58. The molecule has 25 heavy (non-hydrogen) atoms. The molecule has 0 saturated heterocycles. The minimum Gasteiger partial charge on any atom is -0.785 e. The van der Waals surface area contributed by atoms with E-state index in [0.717, 1.165) is 17.9 Å². The summed E-state index contributed by atoms with van der Waals surface area (Å²) in [6, 6.07) is 0. The van der Waals surface area contributed by atoms with Crippen LogP contribution in [0.2, 0.25) is 0 Å². The fourth-order valence-corrected chi connectivity index (χ4v) is 3.26. The topological polar surface area (TPSA) is 26.3 Å². The molecule has 0 aliphatic rings. The van der Waals surface area contributed by atoms with Gasteiger partial charge in [-0.15, -0.1) is 0 Å². The van der Waals surface area contributed by atoms with Crippen LogP contribution in [-0.2, 0) is 0 Å². The smallest absolute Gasteiger partial charge is 0.0786 e. The Kier molecular flexibility index (Phi) is 21.9. The van der Waals surface area contributed by atoms with E-state index in [1.165, 1.54) is 82.0 Å². The number of quaternary nitrogens is 1. The summed E-state index contributed by atoms with van der Waals surface area (Å²) >= 11 is 0. The van der Waals surface area contributed by atoms with Crippen molar-refractivity contribution in [2.45, 2.75) is 106 Å². The summed E-state index contributed by atoms with van der Waals surface area (Å²) in [5.41, 5.74) is 0. The van der Waals surface area contributed by atoms with E-state index in [1.807, 2.05) is 13.8 Å². The van der Waals surface area contributed by atoms with E-state index < -0.39 is 0 Å². The first-order valence-electron chi connectivity index (χ1n) is 11.3. The molecule has 0 heterocycles. The van der Waals surface area contributed by atoms with Gasteiger partial charge in [0, 0.05) is 0 Å². The molecule has 0 aromatic carbocycles. The highest BCUT2D eigenvalue weighted by molar-refractivity contribution is 4.52. The Morgan fingerprint density at radius 2 is 0.800 bits per heavy atom. The van der Waals surface area contributed by atoms with E-state index in [2.05, 4.69) is 27.7 Å². The first kappa shape index (κ1) is 27.1. The third-order valence-corrected chi connectivity index (χ3v) is 4.89. The average Bonchev–Trinajstić information content (AvgIpc) is 2.61. The van der Waals surface area contributed by atoms with E-state index in [0.29, 0.717) is 13.1 Å². The van der Waals surface area contributed by atoms with Gasteiger partial charge in [-0.25, -0.2) is 0 Å². The van der Waals surface area contributed by atoms with E-state index in [1.54, 1.807) is 0 Å². The Morgan fingerprint density at radius 3 is 1.00 bits per heavy atom. The van der Waals surface area contributed by atoms with E-state index in [9.17, 15) is 5.21 Å². The predicted molar refractivity (Wildman–Crippen MR) is 115 cm³/mol. The summed E-state index contributed by atoms with van der Waals surface area (Å²) < 4.78 is 1.42. The number of unbranched alkanes of at least 4 members (excludes halogenated alkanes) is 4. The van der Waals surface area contributed by atoms with Crippen molar-refractivity contribution < 1.29 is 4.48 Å². The van der Waals surface area contributed by atoms with Gasteiger partial charge in [0.05, 0.1) is 26.2 Å². The van der Waals surface area contributed by atoms with Gasteiger partial charge in [-0.2, -0.15) is 0 Å². The molecule has 0 rings (SSSR count). The van der Waals surface area contributed by atoms with Crippen molar-refractivity contribution >= 4 is 0 Å². The third kappa shape index (κ3) is 17.1. The molecule has 0 aromatic rings. The lowest BCUT2D eigenvalue weighted by Crippen LogP contribution is -2.50. The van der Waals surface area contributed by atoms with E-state index in [-0.39, 0.29) is 0 Å². The zero-order valence-electron chi connectivity index (χ0n) is 18.6. The lowest BCUT2D eigenvalue weighted by molar-refractivity contribution is -0.929. The summed E-state index contributed by atoms with van der Waals surface area (Å²) in [6.45, 7) is 20.4. The number of hydroxylamine groups is 2. The molecule has 0 aromatic heterocycles. The maximum atomic E-state index is 10.6. The van der Waals surface area contributed by atoms with Gasteiger partial charge in [-0.1, -0.05) is 67.2 Å².